The maximum Gasteiger partial charge on any atom is 0.310 e. The molecule has 0 fully saturated rings. The largest absolute Gasteiger partial charge is 0.469 e. The summed E-state index contributed by atoms with van der Waals surface area (Å²) in [4.78, 5) is 24.3. The van der Waals surface area contributed by atoms with Crippen molar-refractivity contribution >= 4 is 11.9 Å². The number of aromatic nitrogens is 2. The first-order valence-electron chi connectivity index (χ1n) is 6.98. The molecular weight excluding hydrogens is 282 g/mol. The van der Waals surface area contributed by atoms with Gasteiger partial charge >= 0.3 is 5.97 Å². The Morgan fingerprint density at radius 2 is 1.95 bits per heavy atom. The molecule has 2 aromatic rings. The number of carbonyl (C=O) groups is 2. The van der Waals surface area contributed by atoms with Crippen LogP contribution in [0.3, 0.4) is 0 Å². The number of hydrogen-bond acceptors (Lipinski definition) is 4. The third kappa shape index (κ3) is 3.33. The lowest BCUT2D eigenvalue weighted by Gasteiger charge is -2.24. The lowest BCUT2D eigenvalue weighted by Crippen LogP contribution is -2.36. The number of carbonyl (C=O) groups excluding carboxylic acids is 2. The van der Waals surface area contributed by atoms with Crippen molar-refractivity contribution in [3.63, 3.8) is 0 Å². The van der Waals surface area contributed by atoms with Gasteiger partial charge in [0.1, 0.15) is 0 Å². The number of benzene rings is 1. The summed E-state index contributed by atoms with van der Waals surface area (Å²) in [6.45, 7) is 3.50. The maximum absolute atomic E-state index is 12.4. The van der Waals surface area contributed by atoms with Gasteiger partial charge in [0, 0.05) is 5.69 Å². The molecule has 0 aliphatic heterocycles. The number of hydrogen-bond donors (Lipinski definition) is 2. The minimum absolute atomic E-state index is 0.282. The van der Waals surface area contributed by atoms with Crippen LogP contribution < -0.4 is 5.32 Å². The van der Waals surface area contributed by atoms with E-state index in [1.807, 2.05) is 30.3 Å². The van der Waals surface area contributed by atoms with Crippen molar-refractivity contribution in [2.24, 2.45) is 5.92 Å². The molecule has 0 saturated heterocycles. The standard InChI is InChI=1S/C16H19N3O3/c1-10(16(21)22-3)14(12-7-5-4-6-8-12)18-15(20)13-9-17-19-11(13)2/h4-10,14H,1-3H3,(H,17,19)(H,18,20)/t10-,14+/m1/s1. The van der Waals surface area contributed by atoms with Crippen molar-refractivity contribution in [1.82, 2.24) is 15.5 Å². The van der Waals surface area contributed by atoms with Crippen molar-refractivity contribution in [2.75, 3.05) is 7.11 Å². The number of methoxy groups -OCH3 is 1. The van der Waals surface area contributed by atoms with Gasteiger partial charge in [-0.15, -0.1) is 0 Å². The van der Waals surface area contributed by atoms with E-state index in [0.717, 1.165) is 5.56 Å². The highest BCUT2D eigenvalue weighted by molar-refractivity contribution is 5.95. The van der Waals surface area contributed by atoms with E-state index in [1.165, 1.54) is 13.3 Å². The zero-order valence-corrected chi connectivity index (χ0v) is 12.8. The van der Waals surface area contributed by atoms with Gasteiger partial charge in [-0.25, -0.2) is 0 Å². The summed E-state index contributed by atoms with van der Waals surface area (Å²) in [6.07, 6.45) is 1.47. The number of nitrogens with zero attached hydrogens (tertiary/aromatic N) is 1. The predicted molar refractivity (Wildman–Crippen MR) is 81.2 cm³/mol. The van der Waals surface area contributed by atoms with Crippen molar-refractivity contribution in [1.29, 1.82) is 0 Å². The Labute approximate surface area is 128 Å². The zero-order valence-electron chi connectivity index (χ0n) is 12.8. The number of nitrogens with one attached hydrogen (secondary N) is 2. The van der Waals surface area contributed by atoms with E-state index >= 15 is 0 Å². The molecular formula is C16H19N3O3. The van der Waals surface area contributed by atoms with Gasteiger partial charge < -0.3 is 10.1 Å². The second-order valence-corrected chi connectivity index (χ2v) is 5.08. The number of amides is 1. The van der Waals surface area contributed by atoms with Crippen LogP contribution in [0.25, 0.3) is 0 Å². The lowest BCUT2D eigenvalue weighted by atomic mass is 9.94. The lowest BCUT2D eigenvalue weighted by molar-refractivity contribution is -0.145. The van der Waals surface area contributed by atoms with Crippen LogP contribution >= 0.6 is 0 Å². The maximum atomic E-state index is 12.4. The van der Waals surface area contributed by atoms with E-state index in [1.54, 1.807) is 13.8 Å². The van der Waals surface area contributed by atoms with Gasteiger partial charge in [0.05, 0.1) is 30.8 Å². The molecule has 0 spiro atoms. The molecule has 6 heteroatoms. The molecule has 0 bridgehead atoms. The van der Waals surface area contributed by atoms with Crippen molar-refractivity contribution < 1.29 is 14.3 Å². The minimum Gasteiger partial charge on any atom is -0.469 e. The normalized spacial score (nSPS) is 13.2. The molecule has 1 aromatic heterocycles. The van der Waals surface area contributed by atoms with Crippen LogP contribution in [0, 0.1) is 12.8 Å². The first-order valence-corrected chi connectivity index (χ1v) is 6.98. The second kappa shape index (κ2) is 6.89. The highest BCUT2D eigenvalue weighted by Crippen LogP contribution is 2.23. The van der Waals surface area contributed by atoms with Crippen molar-refractivity contribution in [3.8, 4) is 0 Å². The molecule has 1 heterocycles. The van der Waals surface area contributed by atoms with E-state index in [0.29, 0.717) is 11.3 Å². The Bertz CT molecular complexity index is 652. The molecule has 2 N–H and O–H groups in total. The van der Waals surface area contributed by atoms with Gasteiger partial charge in [-0.1, -0.05) is 30.3 Å². The molecule has 0 saturated carbocycles. The Morgan fingerprint density at radius 1 is 1.27 bits per heavy atom. The van der Waals surface area contributed by atoms with E-state index in [-0.39, 0.29) is 11.9 Å². The fraction of sp³-hybridized carbons (Fsp3) is 0.312. The van der Waals surface area contributed by atoms with Crippen LogP contribution in [0.15, 0.2) is 36.5 Å². The summed E-state index contributed by atoms with van der Waals surface area (Å²) in [7, 11) is 1.34. The van der Waals surface area contributed by atoms with E-state index < -0.39 is 12.0 Å². The summed E-state index contributed by atoms with van der Waals surface area (Å²) in [5, 5.41) is 9.46. The summed E-state index contributed by atoms with van der Waals surface area (Å²) < 4.78 is 4.80. The second-order valence-electron chi connectivity index (χ2n) is 5.08. The topological polar surface area (TPSA) is 84.1 Å². The number of aromatic amines is 1. The number of rotatable bonds is 5. The van der Waals surface area contributed by atoms with Crippen LogP contribution in [0.2, 0.25) is 0 Å². The Morgan fingerprint density at radius 3 is 2.50 bits per heavy atom. The van der Waals surface area contributed by atoms with Crippen LogP contribution in [0.1, 0.15) is 34.6 Å². The molecule has 0 aliphatic carbocycles. The third-order valence-electron chi connectivity index (χ3n) is 3.59. The summed E-state index contributed by atoms with van der Waals surface area (Å²) >= 11 is 0. The summed E-state index contributed by atoms with van der Waals surface area (Å²) in [5.41, 5.74) is 1.97. The molecule has 116 valence electrons. The number of ether oxygens (including phenoxy) is 1. The van der Waals surface area contributed by atoms with E-state index in [4.69, 9.17) is 4.74 Å². The molecule has 0 radical (unpaired) electrons. The van der Waals surface area contributed by atoms with E-state index in [9.17, 15) is 9.59 Å². The average molecular weight is 301 g/mol. The summed E-state index contributed by atoms with van der Waals surface area (Å²) in [5.74, 6) is -1.17. The zero-order chi connectivity index (χ0) is 16.1. The monoisotopic (exact) mass is 301 g/mol. The molecule has 0 unspecified atom stereocenters. The Hall–Kier alpha value is -2.63. The first kappa shape index (κ1) is 15.8. The van der Waals surface area contributed by atoms with Gasteiger partial charge in [0.2, 0.25) is 0 Å². The van der Waals surface area contributed by atoms with Gasteiger partial charge in [0.25, 0.3) is 5.91 Å². The SMILES string of the molecule is COC(=O)[C@H](C)[C@H](NC(=O)c1cn[nH]c1C)c1ccccc1. The molecule has 1 aromatic carbocycles. The summed E-state index contributed by atoms with van der Waals surface area (Å²) in [6, 6.07) is 8.86. The van der Waals surface area contributed by atoms with Gasteiger partial charge in [0.15, 0.2) is 0 Å². The molecule has 0 aliphatic rings. The number of esters is 1. The van der Waals surface area contributed by atoms with Crippen molar-refractivity contribution in [2.45, 2.75) is 19.9 Å². The van der Waals surface area contributed by atoms with Crippen LogP contribution in [-0.2, 0) is 9.53 Å². The third-order valence-corrected chi connectivity index (χ3v) is 3.59. The fourth-order valence-electron chi connectivity index (χ4n) is 2.28. The average Bonchev–Trinajstić information content (AvgIpc) is 2.98. The van der Waals surface area contributed by atoms with Crippen molar-refractivity contribution in [3.05, 3.63) is 53.3 Å². The van der Waals surface area contributed by atoms with Crippen LogP contribution in [-0.4, -0.2) is 29.2 Å². The molecule has 2 rings (SSSR count). The highest BCUT2D eigenvalue weighted by atomic mass is 16.5. The van der Waals surface area contributed by atoms with Crippen LogP contribution in [0.4, 0.5) is 0 Å². The number of aryl methyl sites for hydroxylation is 1. The Balaban J connectivity index is 2.27. The fourth-order valence-corrected chi connectivity index (χ4v) is 2.28. The Kier molecular flexibility index (Phi) is 4.93. The first-order chi connectivity index (χ1) is 10.5. The predicted octanol–water partition coefficient (Wildman–Crippen LogP) is 2.00. The molecule has 1 amide bonds. The van der Waals surface area contributed by atoms with Crippen LogP contribution in [0.5, 0.6) is 0 Å². The van der Waals surface area contributed by atoms with Gasteiger partial charge in [-0.05, 0) is 19.4 Å². The molecule has 22 heavy (non-hydrogen) atoms. The quantitative estimate of drug-likeness (QED) is 0.827. The minimum atomic E-state index is -0.511. The number of H-pyrrole nitrogens is 1. The van der Waals surface area contributed by atoms with Gasteiger partial charge in [-0.2, -0.15) is 5.10 Å². The molecule has 6 nitrogen and oxygen atoms in total. The molecule has 2 atom stereocenters. The van der Waals surface area contributed by atoms with E-state index in [2.05, 4.69) is 15.5 Å². The van der Waals surface area contributed by atoms with Gasteiger partial charge in [-0.3, -0.25) is 14.7 Å². The highest BCUT2D eigenvalue weighted by Gasteiger charge is 2.28. The smallest absolute Gasteiger partial charge is 0.310 e.